The Morgan fingerprint density at radius 3 is 1.32 bits per heavy atom. The lowest BCUT2D eigenvalue weighted by Crippen LogP contribution is -1.86. The summed E-state index contributed by atoms with van der Waals surface area (Å²) in [4.78, 5) is 9.24. The molecule has 2 N–H and O–H groups in total. The maximum atomic E-state index is 10.3. The van der Waals surface area contributed by atoms with Crippen LogP contribution in [-0.4, -0.2) is 22.6 Å². The lowest BCUT2D eigenvalue weighted by atomic mass is 10.0. The Morgan fingerprint density at radius 1 is 0.550 bits per heavy atom. The van der Waals surface area contributed by atoms with Gasteiger partial charge in [-0.25, -0.2) is 0 Å². The van der Waals surface area contributed by atoms with Crippen molar-refractivity contribution in [1.29, 1.82) is 0 Å². The van der Waals surface area contributed by atoms with E-state index in [9.17, 15) is 10.2 Å². The Labute approximate surface area is 236 Å². The van der Waals surface area contributed by atoms with Gasteiger partial charge in [0.25, 0.3) is 0 Å². The van der Waals surface area contributed by atoms with Crippen LogP contribution in [-0.2, 0) is 0 Å². The summed E-state index contributed by atoms with van der Waals surface area (Å²) in [7, 11) is 0. The summed E-state index contributed by atoms with van der Waals surface area (Å²) < 4.78 is 0. The molecule has 4 nitrogen and oxygen atoms in total. The monoisotopic (exact) mass is 524 g/mol. The zero-order chi connectivity index (χ0) is 28.2. The first kappa shape index (κ1) is 27.8. The van der Waals surface area contributed by atoms with E-state index in [-0.39, 0.29) is 11.5 Å². The van der Waals surface area contributed by atoms with E-state index in [4.69, 9.17) is 0 Å². The van der Waals surface area contributed by atoms with Gasteiger partial charge in [-0.3, -0.25) is 9.98 Å². The normalized spacial score (nSPS) is 12.8. The maximum absolute atomic E-state index is 10.3. The van der Waals surface area contributed by atoms with Gasteiger partial charge in [0.05, 0.1) is 11.4 Å². The molecule has 0 aliphatic heterocycles. The molecule has 0 amide bonds. The van der Waals surface area contributed by atoms with Crippen LogP contribution in [0.2, 0.25) is 0 Å². The van der Waals surface area contributed by atoms with Crippen LogP contribution in [0.4, 0.5) is 11.4 Å². The molecule has 4 aromatic carbocycles. The number of aromatic hydroxyl groups is 2. The smallest absolute Gasteiger partial charge is 0.123 e. The highest BCUT2D eigenvalue weighted by molar-refractivity contribution is 5.83. The number of phenols is 2. The quantitative estimate of drug-likeness (QED) is 0.169. The highest BCUT2D eigenvalue weighted by Crippen LogP contribution is 2.33. The summed E-state index contributed by atoms with van der Waals surface area (Å²) in [5.74, 6) is 0.440. The molecule has 40 heavy (non-hydrogen) atoms. The van der Waals surface area contributed by atoms with Gasteiger partial charge in [-0.05, 0) is 84.7 Å². The van der Waals surface area contributed by atoms with Crippen molar-refractivity contribution in [3.05, 3.63) is 145 Å². The average molecular weight is 525 g/mol. The lowest BCUT2D eigenvalue weighted by molar-refractivity contribution is 0.477. The Morgan fingerprint density at radius 2 is 0.950 bits per heavy atom. The van der Waals surface area contributed by atoms with E-state index in [1.807, 2.05) is 123 Å². The van der Waals surface area contributed by atoms with Crippen molar-refractivity contribution in [2.75, 3.05) is 0 Å². The zero-order valence-corrected chi connectivity index (χ0v) is 22.6. The Bertz CT molecular complexity index is 1490. The van der Waals surface area contributed by atoms with Crippen LogP contribution in [0.5, 0.6) is 11.5 Å². The number of hydrogen-bond acceptors (Lipinski definition) is 4. The second-order valence-corrected chi connectivity index (χ2v) is 8.94. The van der Waals surface area contributed by atoms with Gasteiger partial charge in [0.2, 0.25) is 0 Å². The summed E-state index contributed by atoms with van der Waals surface area (Å²) in [6.07, 6.45) is 15.4. The molecule has 0 atom stereocenters. The van der Waals surface area contributed by atoms with Crippen LogP contribution in [0.15, 0.2) is 155 Å². The minimum absolute atomic E-state index is 0.220. The Balaban J connectivity index is 1.58. The standard InChI is InChI=1S/C36H32N2O2/c1-3-11-27(21-23-37-31-17-19-35(39)33(25-31)29-13-7-5-8-14-29)28(12-4-2)22-24-38-32-18-20-36(40)34(26-32)30-15-9-6-10-16-30/h3-26,39-40H,1-2H3/b11-3-,12-4-,27-21-,28-22+,37-23?,38-24?. The first-order chi connectivity index (χ1) is 19.6. The Hall–Kier alpha value is -5.22. The van der Waals surface area contributed by atoms with Gasteiger partial charge in [-0.15, -0.1) is 0 Å². The van der Waals surface area contributed by atoms with Crippen molar-refractivity contribution in [3.8, 4) is 33.8 Å². The summed E-state index contributed by atoms with van der Waals surface area (Å²) in [5.41, 5.74) is 6.77. The number of benzene rings is 4. The molecule has 0 unspecified atom stereocenters. The lowest BCUT2D eigenvalue weighted by Gasteiger charge is -2.06. The SMILES string of the molecule is C\C=C/C(=C/C=Nc1ccc(O)c(-c2ccccc2)c1)C(/C=C\C)=C/C=Nc1ccc(O)c(-c2ccccc2)c1. The van der Waals surface area contributed by atoms with Gasteiger partial charge in [-0.1, -0.05) is 85.0 Å². The fourth-order valence-corrected chi connectivity index (χ4v) is 4.17. The van der Waals surface area contributed by atoms with Gasteiger partial charge in [-0.2, -0.15) is 0 Å². The van der Waals surface area contributed by atoms with Crippen molar-refractivity contribution < 1.29 is 10.2 Å². The third-order valence-corrected chi connectivity index (χ3v) is 6.11. The van der Waals surface area contributed by atoms with Gasteiger partial charge in [0.1, 0.15) is 11.5 Å². The van der Waals surface area contributed by atoms with Crippen LogP contribution in [0.1, 0.15) is 13.8 Å². The van der Waals surface area contributed by atoms with Crippen molar-refractivity contribution in [2.45, 2.75) is 13.8 Å². The average Bonchev–Trinajstić information content (AvgIpc) is 2.99. The fourth-order valence-electron chi connectivity index (χ4n) is 4.17. The molecule has 0 fully saturated rings. The third-order valence-electron chi connectivity index (χ3n) is 6.11. The van der Waals surface area contributed by atoms with Crippen molar-refractivity contribution in [3.63, 3.8) is 0 Å². The molecule has 0 aromatic heterocycles. The van der Waals surface area contributed by atoms with E-state index < -0.39 is 0 Å². The van der Waals surface area contributed by atoms with Crippen LogP contribution in [0.25, 0.3) is 22.3 Å². The second kappa shape index (κ2) is 14.1. The number of allylic oxidation sites excluding steroid dienone is 8. The minimum atomic E-state index is 0.220. The number of nitrogens with zero attached hydrogens (tertiary/aromatic N) is 2. The van der Waals surface area contributed by atoms with Crippen LogP contribution in [0, 0.1) is 0 Å². The van der Waals surface area contributed by atoms with E-state index in [0.717, 1.165) is 44.8 Å². The van der Waals surface area contributed by atoms with Gasteiger partial charge in [0.15, 0.2) is 0 Å². The molecule has 0 bridgehead atoms. The molecular weight excluding hydrogens is 492 g/mol. The first-order valence-electron chi connectivity index (χ1n) is 13.1. The molecule has 0 heterocycles. The number of phenolic OH excluding ortho intramolecular Hbond substituents is 2. The molecular formula is C36H32N2O2. The number of hydrogen-bond donors (Lipinski definition) is 2. The van der Waals surface area contributed by atoms with E-state index in [1.54, 1.807) is 36.7 Å². The highest BCUT2D eigenvalue weighted by Gasteiger charge is 2.06. The predicted molar refractivity (Wildman–Crippen MR) is 169 cm³/mol. The van der Waals surface area contributed by atoms with E-state index in [0.29, 0.717) is 0 Å². The molecule has 198 valence electrons. The fraction of sp³-hybridized carbons (Fsp3) is 0.0556. The summed E-state index contributed by atoms with van der Waals surface area (Å²) in [6, 6.07) is 30.2. The Kier molecular flexibility index (Phi) is 9.78. The largest absolute Gasteiger partial charge is 0.507 e. The van der Waals surface area contributed by atoms with Crippen molar-refractivity contribution in [2.24, 2.45) is 9.98 Å². The molecule has 0 saturated carbocycles. The molecule has 0 aliphatic carbocycles. The molecule has 0 spiro atoms. The number of rotatable bonds is 9. The number of aliphatic imine (C=N–C) groups is 2. The van der Waals surface area contributed by atoms with E-state index in [1.165, 1.54) is 0 Å². The third kappa shape index (κ3) is 7.42. The van der Waals surface area contributed by atoms with Gasteiger partial charge >= 0.3 is 0 Å². The molecule has 0 aliphatic rings. The zero-order valence-electron chi connectivity index (χ0n) is 22.6. The predicted octanol–water partition coefficient (Wildman–Crippen LogP) is 9.54. The van der Waals surface area contributed by atoms with Crippen molar-refractivity contribution in [1.82, 2.24) is 0 Å². The second-order valence-electron chi connectivity index (χ2n) is 8.94. The van der Waals surface area contributed by atoms with Gasteiger partial charge < -0.3 is 10.2 Å². The van der Waals surface area contributed by atoms with Gasteiger partial charge in [0, 0.05) is 23.6 Å². The summed E-state index contributed by atoms with van der Waals surface area (Å²) >= 11 is 0. The first-order valence-corrected chi connectivity index (χ1v) is 13.1. The molecule has 0 radical (unpaired) electrons. The van der Waals surface area contributed by atoms with Crippen LogP contribution < -0.4 is 0 Å². The highest BCUT2D eigenvalue weighted by atomic mass is 16.3. The van der Waals surface area contributed by atoms with Crippen molar-refractivity contribution >= 4 is 23.8 Å². The molecule has 4 rings (SSSR count). The molecule has 4 aromatic rings. The molecule has 4 heteroatoms. The topological polar surface area (TPSA) is 65.2 Å². The summed E-state index contributed by atoms with van der Waals surface area (Å²) in [5, 5.41) is 20.7. The maximum Gasteiger partial charge on any atom is 0.123 e. The minimum Gasteiger partial charge on any atom is -0.507 e. The van der Waals surface area contributed by atoms with E-state index in [2.05, 4.69) is 9.98 Å². The van der Waals surface area contributed by atoms with Crippen LogP contribution >= 0.6 is 0 Å². The van der Waals surface area contributed by atoms with Crippen LogP contribution in [0.3, 0.4) is 0 Å². The molecule has 0 saturated heterocycles. The summed E-state index contributed by atoms with van der Waals surface area (Å²) in [6.45, 7) is 3.94. The van der Waals surface area contributed by atoms with E-state index >= 15 is 0 Å².